The van der Waals surface area contributed by atoms with Crippen LogP contribution in [0.1, 0.15) is 18.1 Å². The SMILES string of the molecule is COc1ccc(-c2ccc(/C(C)=N/O)cc2)c([CH]=[Ni])c1. The summed E-state index contributed by atoms with van der Waals surface area (Å²) in [6.45, 7) is 1.76. The van der Waals surface area contributed by atoms with Crippen LogP contribution < -0.4 is 4.74 Å². The van der Waals surface area contributed by atoms with Gasteiger partial charge in [-0.15, -0.1) is 0 Å². The molecule has 0 aromatic heterocycles. The van der Waals surface area contributed by atoms with Crippen molar-refractivity contribution in [3.63, 3.8) is 0 Å². The van der Waals surface area contributed by atoms with Gasteiger partial charge in [0.25, 0.3) is 0 Å². The number of hydrogen-bond donors (Lipinski definition) is 1. The van der Waals surface area contributed by atoms with Crippen molar-refractivity contribution in [1.82, 2.24) is 0 Å². The van der Waals surface area contributed by atoms with Gasteiger partial charge in [-0.25, -0.2) is 0 Å². The molecule has 0 atom stereocenters. The van der Waals surface area contributed by atoms with Crippen LogP contribution >= 0.6 is 0 Å². The van der Waals surface area contributed by atoms with E-state index in [-0.39, 0.29) is 0 Å². The zero-order valence-corrected chi connectivity index (χ0v) is 12.2. The average Bonchev–Trinajstić information content (AvgIpc) is 2.53. The summed E-state index contributed by atoms with van der Waals surface area (Å²) in [6, 6.07) is 13.6. The first-order valence-corrected chi connectivity index (χ1v) is 6.64. The second kappa shape index (κ2) is 6.49. The summed E-state index contributed by atoms with van der Waals surface area (Å²) in [4.78, 5) is 1.69. The van der Waals surface area contributed by atoms with Gasteiger partial charge in [0, 0.05) is 0 Å². The molecule has 4 heteroatoms. The normalized spacial score (nSPS) is 11.3. The predicted octanol–water partition coefficient (Wildman–Crippen LogP) is 3.26. The number of methoxy groups -OCH3 is 1. The summed E-state index contributed by atoms with van der Waals surface area (Å²) in [5.74, 6) is 0.789. The Morgan fingerprint density at radius 3 is 2.45 bits per heavy atom. The Hall–Kier alpha value is -1.93. The van der Waals surface area contributed by atoms with Crippen LogP contribution in [-0.2, 0) is 15.0 Å². The quantitative estimate of drug-likeness (QED) is 0.407. The summed E-state index contributed by atoms with van der Waals surface area (Å²) < 4.78 is 5.21. The molecule has 0 radical (unpaired) electrons. The number of benzene rings is 2. The third kappa shape index (κ3) is 2.97. The van der Waals surface area contributed by atoms with Crippen LogP contribution in [0, 0.1) is 0 Å². The molecular weight excluding hydrogens is 297 g/mol. The summed E-state index contributed by atoms with van der Waals surface area (Å²) in [5.41, 5.74) is 4.55. The van der Waals surface area contributed by atoms with Crippen LogP contribution in [0.2, 0.25) is 0 Å². The van der Waals surface area contributed by atoms with Crippen molar-refractivity contribution in [3.8, 4) is 16.9 Å². The molecule has 0 heterocycles. The monoisotopic (exact) mass is 311 g/mol. The molecule has 1 N–H and O–H groups in total. The van der Waals surface area contributed by atoms with E-state index >= 15 is 0 Å². The van der Waals surface area contributed by atoms with E-state index in [1.54, 1.807) is 19.0 Å². The van der Waals surface area contributed by atoms with Crippen LogP contribution in [0.25, 0.3) is 11.1 Å². The molecule has 0 amide bonds. The van der Waals surface area contributed by atoms with E-state index in [0.29, 0.717) is 5.71 Å². The number of ether oxygens (including phenoxy) is 1. The minimum absolute atomic E-state index is 0.587. The molecule has 0 spiro atoms. The van der Waals surface area contributed by atoms with Crippen molar-refractivity contribution < 1.29 is 25.0 Å². The van der Waals surface area contributed by atoms with Crippen LogP contribution in [-0.4, -0.2) is 23.0 Å². The summed E-state index contributed by atoms with van der Waals surface area (Å²) >= 11 is 4.76. The van der Waals surface area contributed by atoms with E-state index < -0.39 is 0 Å². The third-order valence-electron chi connectivity index (χ3n) is 3.12. The first-order chi connectivity index (χ1) is 9.69. The molecule has 0 saturated heterocycles. The predicted molar refractivity (Wildman–Crippen MR) is 77.6 cm³/mol. The molecule has 0 saturated carbocycles. The third-order valence-corrected chi connectivity index (χ3v) is 3.43. The van der Waals surface area contributed by atoms with Gasteiger partial charge in [-0.2, -0.15) is 0 Å². The summed E-state index contributed by atoms with van der Waals surface area (Å²) in [5, 5.41) is 12.0. The van der Waals surface area contributed by atoms with Gasteiger partial charge in [0.1, 0.15) is 0 Å². The van der Waals surface area contributed by atoms with Gasteiger partial charge in [0.2, 0.25) is 0 Å². The fourth-order valence-corrected chi connectivity index (χ4v) is 2.19. The van der Waals surface area contributed by atoms with Crippen molar-refractivity contribution in [3.05, 3.63) is 53.6 Å². The van der Waals surface area contributed by atoms with Gasteiger partial charge in [0.05, 0.1) is 0 Å². The van der Waals surface area contributed by atoms with Gasteiger partial charge in [0.15, 0.2) is 0 Å². The summed E-state index contributed by atoms with van der Waals surface area (Å²) in [7, 11) is 1.64. The fourth-order valence-electron chi connectivity index (χ4n) is 1.95. The second-order valence-corrected chi connectivity index (χ2v) is 4.59. The molecule has 20 heavy (non-hydrogen) atoms. The Labute approximate surface area is 125 Å². The molecule has 3 nitrogen and oxygen atoms in total. The zero-order chi connectivity index (χ0) is 14.5. The molecule has 2 aromatic carbocycles. The Morgan fingerprint density at radius 2 is 1.90 bits per heavy atom. The van der Waals surface area contributed by atoms with E-state index in [1.165, 1.54) is 0 Å². The minimum atomic E-state index is 0.587. The van der Waals surface area contributed by atoms with Crippen LogP contribution in [0.4, 0.5) is 0 Å². The Kier molecular flexibility index (Phi) is 4.70. The van der Waals surface area contributed by atoms with Gasteiger partial charge in [-0.3, -0.25) is 0 Å². The standard InChI is InChI=1S/C16H15NO2.Ni/c1-11-10-15(19-3)8-9-16(11)14-6-4-13(5-7-14)12(2)17-18;/h1,4-10,18H,2-3H3;/b17-12+;. The molecule has 0 aliphatic rings. The molecule has 0 bridgehead atoms. The van der Waals surface area contributed by atoms with Crippen molar-refractivity contribution in [1.29, 1.82) is 0 Å². The van der Waals surface area contributed by atoms with Crippen molar-refractivity contribution in [2.75, 3.05) is 7.11 Å². The zero-order valence-electron chi connectivity index (χ0n) is 11.2. The van der Waals surface area contributed by atoms with E-state index in [2.05, 4.69) is 5.16 Å². The number of rotatable bonds is 4. The van der Waals surface area contributed by atoms with E-state index in [0.717, 1.165) is 28.0 Å². The topological polar surface area (TPSA) is 41.8 Å². The van der Waals surface area contributed by atoms with Gasteiger partial charge in [-0.1, -0.05) is 0 Å². The van der Waals surface area contributed by atoms with Gasteiger partial charge >= 0.3 is 125 Å². The maximum atomic E-state index is 8.77. The van der Waals surface area contributed by atoms with Crippen molar-refractivity contribution >= 4 is 10.7 Å². The average molecular weight is 312 g/mol. The summed E-state index contributed by atoms with van der Waals surface area (Å²) in [6.07, 6.45) is 0. The van der Waals surface area contributed by atoms with Crippen LogP contribution in [0.15, 0.2) is 47.6 Å². The molecular formula is C16H15NNiO2. The molecule has 0 aliphatic carbocycles. The molecule has 106 valence electrons. The number of oxime groups is 1. The number of hydrogen-bond acceptors (Lipinski definition) is 3. The van der Waals surface area contributed by atoms with Crippen molar-refractivity contribution in [2.24, 2.45) is 5.16 Å². The van der Waals surface area contributed by atoms with E-state index in [9.17, 15) is 0 Å². The Balaban J connectivity index is 2.44. The van der Waals surface area contributed by atoms with Gasteiger partial charge in [-0.05, 0) is 0 Å². The first kappa shape index (κ1) is 14.5. The maximum absolute atomic E-state index is 8.77. The molecule has 0 fully saturated rings. The molecule has 0 aliphatic heterocycles. The Bertz CT molecular complexity index is 648. The fraction of sp³-hybridized carbons (Fsp3) is 0.125. The Morgan fingerprint density at radius 1 is 1.20 bits per heavy atom. The van der Waals surface area contributed by atoms with Crippen LogP contribution in [0.3, 0.4) is 0 Å². The molecule has 2 aromatic rings. The second-order valence-electron chi connectivity index (χ2n) is 4.31. The van der Waals surface area contributed by atoms with E-state index in [4.69, 9.17) is 25.0 Å². The van der Waals surface area contributed by atoms with Crippen LogP contribution in [0.5, 0.6) is 5.75 Å². The number of nitrogens with zero attached hydrogens (tertiary/aromatic N) is 1. The van der Waals surface area contributed by atoms with Crippen molar-refractivity contribution in [2.45, 2.75) is 6.92 Å². The first-order valence-electron chi connectivity index (χ1n) is 6.07. The molecule has 0 unspecified atom stereocenters. The molecule has 2 rings (SSSR count). The van der Waals surface area contributed by atoms with E-state index in [1.807, 2.05) is 42.5 Å². The van der Waals surface area contributed by atoms with Gasteiger partial charge < -0.3 is 0 Å².